The molecule has 4 aromatic rings. The summed E-state index contributed by atoms with van der Waals surface area (Å²) >= 11 is 3.55. The number of nitrogens with zero attached hydrogens (tertiary/aromatic N) is 7. The zero-order chi connectivity index (χ0) is 25.4. The Balaban J connectivity index is 1.16. The molecule has 2 N–H and O–H groups in total. The molecule has 3 aromatic heterocycles. The number of aromatic nitrogens is 5. The molecular formula is C26H29BrN8O2. The molecule has 10 nitrogen and oxygen atoms in total. The van der Waals surface area contributed by atoms with E-state index in [1.54, 1.807) is 12.4 Å². The standard InChI is InChI=1S/C26H29BrN8O2/c27-23-21-16-29-26(31-24(21)35(32-23)20-5-6-22-17(15-20)2-1-7-28-22)30-19-4-3-18(14-19)25(37)34-10-8-33(9-11-34)12-13-36/h1-2,5-7,15-16,18-19,36H,3-4,8-14H2,(H,29,30,31)/t18-,19-/m1/s1. The maximum atomic E-state index is 13.1. The third-order valence-electron chi connectivity index (χ3n) is 7.43. The molecule has 1 aliphatic carbocycles. The number of fused-ring (bicyclic) bond motifs is 2. The first-order valence-electron chi connectivity index (χ1n) is 12.7. The van der Waals surface area contributed by atoms with Crippen molar-refractivity contribution in [2.45, 2.75) is 25.3 Å². The Morgan fingerprint density at radius 3 is 2.84 bits per heavy atom. The zero-order valence-corrected chi connectivity index (χ0v) is 22.0. The quantitative estimate of drug-likeness (QED) is 0.367. The van der Waals surface area contributed by atoms with E-state index in [-0.39, 0.29) is 24.5 Å². The van der Waals surface area contributed by atoms with Gasteiger partial charge in [-0.25, -0.2) is 9.67 Å². The second kappa shape index (κ2) is 10.3. The molecule has 0 bridgehead atoms. The number of pyridine rings is 1. The van der Waals surface area contributed by atoms with Crippen molar-refractivity contribution in [3.05, 3.63) is 47.3 Å². The lowest BCUT2D eigenvalue weighted by Gasteiger charge is -2.35. The van der Waals surface area contributed by atoms with Crippen LogP contribution in [0.2, 0.25) is 0 Å². The van der Waals surface area contributed by atoms with Gasteiger partial charge in [-0.15, -0.1) is 0 Å². The van der Waals surface area contributed by atoms with Crippen molar-refractivity contribution < 1.29 is 9.90 Å². The lowest BCUT2D eigenvalue weighted by molar-refractivity contribution is -0.137. The van der Waals surface area contributed by atoms with Crippen molar-refractivity contribution in [3.63, 3.8) is 0 Å². The summed E-state index contributed by atoms with van der Waals surface area (Å²) in [5, 5.41) is 19.1. The van der Waals surface area contributed by atoms with Crippen LogP contribution >= 0.6 is 15.9 Å². The van der Waals surface area contributed by atoms with Crippen LogP contribution in [0, 0.1) is 5.92 Å². The molecule has 1 aliphatic heterocycles. The summed E-state index contributed by atoms with van der Waals surface area (Å²) in [6.07, 6.45) is 6.11. The Morgan fingerprint density at radius 2 is 2.00 bits per heavy atom. The largest absolute Gasteiger partial charge is 0.395 e. The first-order valence-corrected chi connectivity index (χ1v) is 13.5. The number of aliphatic hydroxyl groups excluding tert-OH is 1. The Kier molecular flexibility index (Phi) is 6.74. The van der Waals surface area contributed by atoms with Gasteiger partial charge < -0.3 is 15.3 Å². The highest BCUT2D eigenvalue weighted by Crippen LogP contribution is 2.31. The lowest BCUT2D eigenvalue weighted by atomic mass is 10.1. The van der Waals surface area contributed by atoms with Gasteiger partial charge in [0.05, 0.1) is 23.2 Å². The van der Waals surface area contributed by atoms with E-state index in [0.717, 1.165) is 67.4 Å². The van der Waals surface area contributed by atoms with Crippen LogP contribution in [-0.4, -0.2) is 90.9 Å². The SMILES string of the molecule is O=C([C@@H]1CC[C@@H](Nc2ncc3c(Br)nn(-c4ccc5ncccc5c4)c3n2)C1)N1CCN(CCO)CC1. The number of anilines is 1. The number of benzene rings is 1. The van der Waals surface area contributed by atoms with Gasteiger partial charge in [0.2, 0.25) is 11.9 Å². The van der Waals surface area contributed by atoms with Crippen LogP contribution in [-0.2, 0) is 4.79 Å². The van der Waals surface area contributed by atoms with Gasteiger partial charge in [0.1, 0.15) is 4.60 Å². The molecule has 6 rings (SSSR count). The summed E-state index contributed by atoms with van der Waals surface area (Å²) in [5.74, 6) is 0.813. The first kappa shape index (κ1) is 24.2. The molecule has 0 radical (unpaired) electrons. The number of hydrogen-bond acceptors (Lipinski definition) is 8. The lowest BCUT2D eigenvalue weighted by Crippen LogP contribution is -2.50. The van der Waals surface area contributed by atoms with E-state index in [9.17, 15) is 4.79 Å². The number of halogens is 1. The van der Waals surface area contributed by atoms with Gasteiger partial charge in [-0.1, -0.05) is 6.07 Å². The Labute approximate surface area is 222 Å². The molecule has 11 heteroatoms. The highest BCUT2D eigenvalue weighted by atomic mass is 79.9. The van der Waals surface area contributed by atoms with Gasteiger partial charge in [-0.3, -0.25) is 14.7 Å². The summed E-state index contributed by atoms with van der Waals surface area (Å²) in [5.41, 5.74) is 2.53. The van der Waals surface area contributed by atoms with Crippen LogP contribution in [0.15, 0.2) is 47.3 Å². The third kappa shape index (κ3) is 4.90. The normalized spacial score (nSPS) is 20.6. The van der Waals surface area contributed by atoms with Crippen molar-refractivity contribution in [2.75, 3.05) is 44.6 Å². The molecule has 2 atom stereocenters. The van der Waals surface area contributed by atoms with Crippen molar-refractivity contribution >= 4 is 49.7 Å². The highest BCUT2D eigenvalue weighted by Gasteiger charge is 2.34. The summed E-state index contributed by atoms with van der Waals surface area (Å²) in [6.45, 7) is 3.95. The zero-order valence-electron chi connectivity index (χ0n) is 20.4. The van der Waals surface area contributed by atoms with Gasteiger partial charge >= 0.3 is 0 Å². The molecule has 1 amide bonds. The average Bonchev–Trinajstić information content (AvgIpc) is 3.53. The van der Waals surface area contributed by atoms with Crippen LogP contribution in [0.5, 0.6) is 0 Å². The van der Waals surface area contributed by atoms with Crippen LogP contribution in [0.25, 0.3) is 27.6 Å². The smallest absolute Gasteiger partial charge is 0.225 e. The van der Waals surface area contributed by atoms with E-state index in [1.165, 1.54) is 0 Å². The highest BCUT2D eigenvalue weighted by molar-refractivity contribution is 9.10. The van der Waals surface area contributed by atoms with Gasteiger partial charge in [0.25, 0.3) is 0 Å². The second-order valence-electron chi connectivity index (χ2n) is 9.76. The Hall–Kier alpha value is -3.15. The molecule has 1 aromatic carbocycles. The summed E-state index contributed by atoms with van der Waals surface area (Å²) in [6, 6.07) is 10.1. The van der Waals surface area contributed by atoms with Gasteiger partial charge in [-0.2, -0.15) is 10.1 Å². The number of rotatable bonds is 6. The van der Waals surface area contributed by atoms with Crippen LogP contribution in [0.1, 0.15) is 19.3 Å². The van der Waals surface area contributed by atoms with E-state index < -0.39 is 0 Å². The van der Waals surface area contributed by atoms with Crippen molar-refractivity contribution in [2.24, 2.45) is 5.92 Å². The number of piperazine rings is 1. The van der Waals surface area contributed by atoms with E-state index >= 15 is 0 Å². The summed E-state index contributed by atoms with van der Waals surface area (Å²) in [7, 11) is 0. The predicted molar refractivity (Wildman–Crippen MR) is 145 cm³/mol. The number of carbonyl (C=O) groups is 1. The molecule has 0 spiro atoms. The Morgan fingerprint density at radius 1 is 1.14 bits per heavy atom. The summed E-state index contributed by atoms with van der Waals surface area (Å²) < 4.78 is 2.50. The fourth-order valence-corrected chi connectivity index (χ4v) is 5.86. The third-order valence-corrected chi connectivity index (χ3v) is 8.01. The molecule has 4 heterocycles. The molecule has 192 valence electrons. The maximum absolute atomic E-state index is 13.1. The molecule has 2 fully saturated rings. The fraction of sp³-hybridized carbons (Fsp3) is 0.423. The van der Waals surface area contributed by atoms with Crippen LogP contribution in [0.3, 0.4) is 0 Å². The predicted octanol–water partition coefficient (Wildman–Crippen LogP) is 2.84. The van der Waals surface area contributed by atoms with Crippen LogP contribution in [0.4, 0.5) is 5.95 Å². The molecule has 37 heavy (non-hydrogen) atoms. The van der Waals surface area contributed by atoms with E-state index in [0.29, 0.717) is 22.7 Å². The van der Waals surface area contributed by atoms with Gasteiger partial charge in [0.15, 0.2) is 5.65 Å². The van der Waals surface area contributed by atoms with Crippen molar-refractivity contribution in [1.82, 2.24) is 34.5 Å². The number of hydrogen-bond donors (Lipinski definition) is 2. The first-order chi connectivity index (χ1) is 18.1. The molecule has 2 aliphatic rings. The number of aliphatic hydroxyl groups is 1. The number of amides is 1. The van der Waals surface area contributed by atoms with E-state index in [1.807, 2.05) is 39.9 Å². The van der Waals surface area contributed by atoms with E-state index in [4.69, 9.17) is 10.1 Å². The van der Waals surface area contributed by atoms with Gasteiger partial charge in [-0.05, 0) is 59.5 Å². The average molecular weight is 565 g/mol. The maximum Gasteiger partial charge on any atom is 0.225 e. The minimum Gasteiger partial charge on any atom is -0.395 e. The molecule has 0 unspecified atom stereocenters. The summed E-state index contributed by atoms with van der Waals surface area (Å²) in [4.78, 5) is 31.1. The fourth-order valence-electron chi connectivity index (χ4n) is 5.42. The number of nitrogens with one attached hydrogen (secondary N) is 1. The minimum absolute atomic E-state index is 0.0245. The molecule has 1 saturated carbocycles. The van der Waals surface area contributed by atoms with Crippen molar-refractivity contribution in [3.8, 4) is 5.69 Å². The minimum atomic E-state index is 0.0245. The number of β-amino-alcohol motifs (C(OH)–C–C–N with tert-alkyl or cyclic N) is 1. The Bertz CT molecular complexity index is 1430. The van der Waals surface area contributed by atoms with Crippen LogP contribution < -0.4 is 5.32 Å². The van der Waals surface area contributed by atoms with Crippen molar-refractivity contribution in [1.29, 1.82) is 0 Å². The van der Waals surface area contributed by atoms with E-state index in [2.05, 4.69) is 41.2 Å². The topological polar surface area (TPSA) is 112 Å². The monoisotopic (exact) mass is 564 g/mol. The molecular weight excluding hydrogens is 536 g/mol. The number of carbonyl (C=O) groups excluding carboxylic acids is 1. The van der Waals surface area contributed by atoms with Gasteiger partial charge in [0, 0.05) is 62.5 Å². The second-order valence-corrected chi connectivity index (χ2v) is 10.5. The molecule has 1 saturated heterocycles.